The normalized spacial score (nSPS) is 20.1. The lowest BCUT2D eigenvalue weighted by Gasteiger charge is -2.26. The molecule has 1 aliphatic rings. The van der Waals surface area contributed by atoms with Gasteiger partial charge in [0.15, 0.2) is 0 Å². The van der Waals surface area contributed by atoms with Gasteiger partial charge in [-0.3, -0.25) is 9.58 Å². The van der Waals surface area contributed by atoms with Crippen LogP contribution in [0.4, 0.5) is 0 Å². The number of hydrogen-bond acceptors (Lipinski definition) is 5. The van der Waals surface area contributed by atoms with E-state index in [4.69, 9.17) is 4.74 Å². The number of aliphatic hydroxyl groups is 1. The van der Waals surface area contributed by atoms with Gasteiger partial charge < -0.3 is 9.84 Å². The minimum Gasteiger partial charge on any atom is -0.491 e. The molecule has 0 spiro atoms. The molecule has 6 nitrogen and oxygen atoms in total. The molecule has 0 unspecified atom stereocenters. The summed E-state index contributed by atoms with van der Waals surface area (Å²) in [5.41, 5.74) is 0. The molecular weight excluding hydrogens is 280 g/mol. The van der Waals surface area contributed by atoms with Gasteiger partial charge in [-0.1, -0.05) is 18.2 Å². The Balaban J connectivity index is 1.46. The molecule has 0 saturated carbocycles. The summed E-state index contributed by atoms with van der Waals surface area (Å²) in [6.45, 7) is 2.79. The van der Waals surface area contributed by atoms with Crippen LogP contribution in [-0.2, 0) is 6.54 Å². The van der Waals surface area contributed by atoms with Crippen LogP contribution >= 0.6 is 0 Å². The van der Waals surface area contributed by atoms with E-state index in [1.54, 1.807) is 12.7 Å². The van der Waals surface area contributed by atoms with E-state index in [2.05, 4.69) is 15.0 Å². The van der Waals surface area contributed by atoms with Crippen molar-refractivity contribution in [2.75, 3.05) is 19.7 Å². The quantitative estimate of drug-likeness (QED) is 0.832. The van der Waals surface area contributed by atoms with Gasteiger partial charge in [0.2, 0.25) is 0 Å². The highest BCUT2D eigenvalue weighted by Gasteiger charge is 2.26. The minimum absolute atomic E-state index is 0.316. The number of hydrogen-bond donors (Lipinski definition) is 1. The summed E-state index contributed by atoms with van der Waals surface area (Å²) >= 11 is 0. The Kier molecular flexibility index (Phi) is 5.03. The van der Waals surface area contributed by atoms with E-state index < -0.39 is 6.10 Å². The third-order valence-corrected chi connectivity index (χ3v) is 3.99. The average Bonchev–Trinajstić information content (AvgIpc) is 3.20. The fourth-order valence-corrected chi connectivity index (χ4v) is 2.92. The Morgan fingerprint density at radius 3 is 2.95 bits per heavy atom. The van der Waals surface area contributed by atoms with Crippen molar-refractivity contribution in [1.29, 1.82) is 0 Å². The second kappa shape index (κ2) is 7.38. The van der Waals surface area contributed by atoms with Crippen molar-refractivity contribution in [1.82, 2.24) is 19.7 Å². The zero-order valence-electron chi connectivity index (χ0n) is 12.6. The molecule has 6 heteroatoms. The molecular formula is C16H22N4O2. The zero-order chi connectivity index (χ0) is 15.2. The van der Waals surface area contributed by atoms with Crippen LogP contribution < -0.4 is 4.74 Å². The van der Waals surface area contributed by atoms with Gasteiger partial charge in [-0.05, 0) is 31.5 Å². The monoisotopic (exact) mass is 302 g/mol. The van der Waals surface area contributed by atoms with Gasteiger partial charge in [-0.25, -0.2) is 4.98 Å². The summed E-state index contributed by atoms with van der Waals surface area (Å²) in [5.74, 6) is 0.794. The molecule has 2 aromatic rings. The highest BCUT2D eigenvalue weighted by Crippen LogP contribution is 2.19. The smallest absolute Gasteiger partial charge is 0.137 e. The number of likely N-dealkylation sites (tertiary alicyclic amines) is 1. The molecule has 1 N–H and O–H groups in total. The Morgan fingerprint density at radius 2 is 2.18 bits per heavy atom. The summed E-state index contributed by atoms with van der Waals surface area (Å²) in [6, 6.07) is 10.0. The number of benzene rings is 1. The van der Waals surface area contributed by atoms with E-state index in [0.717, 1.165) is 31.7 Å². The molecule has 118 valence electrons. The van der Waals surface area contributed by atoms with Crippen LogP contribution in [0, 0.1) is 0 Å². The first kappa shape index (κ1) is 15.0. The molecule has 2 atom stereocenters. The number of β-amino-alcohol motifs (C(OH)–C–C–N with tert-alkyl or cyclic N) is 1. The van der Waals surface area contributed by atoms with Gasteiger partial charge in [-0.2, -0.15) is 5.10 Å². The van der Waals surface area contributed by atoms with E-state index in [9.17, 15) is 5.11 Å². The Bertz CT molecular complexity index is 547. The molecule has 1 aliphatic heterocycles. The molecule has 1 aromatic carbocycles. The summed E-state index contributed by atoms with van der Waals surface area (Å²) in [7, 11) is 0. The summed E-state index contributed by atoms with van der Waals surface area (Å²) < 4.78 is 7.47. The summed E-state index contributed by atoms with van der Waals surface area (Å²) in [6.07, 6.45) is 5.10. The molecule has 0 aliphatic carbocycles. The summed E-state index contributed by atoms with van der Waals surface area (Å²) in [5, 5.41) is 14.4. The van der Waals surface area contributed by atoms with Crippen LogP contribution in [0.2, 0.25) is 0 Å². The number of para-hydroxylation sites is 1. The molecule has 1 aromatic heterocycles. The van der Waals surface area contributed by atoms with Crippen LogP contribution in [0.15, 0.2) is 43.0 Å². The van der Waals surface area contributed by atoms with Crippen LogP contribution in [0.25, 0.3) is 0 Å². The Hall–Kier alpha value is -1.92. The van der Waals surface area contributed by atoms with E-state index in [1.807, 2.05) is 35.0 Å². The Labute approximate surface area is 130 Å². The molecule has 1 saturated heterocycles. The fraction of sp³-hybridized carbons (Fsp3) is 0.500. The van der Waals surface area contributed by atoms with E-state index in [0.29, 0.717) is 19.2 Å². The van der Waals surface area contributed by atoms with Crippen molar-refractivity contribution in [2.45, 2.75) is 31.5 Å². The maximum absolute atomic E-state index is 10.2. The number of aromatic nitrogens is 3. The highest BCUT2D eigenvalue weighted by molar-refractivity contribution is 5.20. The highest BCUT2D eigenvalue weighted by atomic mass is 16.5. The lowest BCUT2D eigenvalue weighted by atomic mass is 10.2. The lowest BCUT2D eigenvalue weighted by Crippen LogP contribution is -2.40. The number of ether oxygens (including phenoxy) is 1. The maximum atomic E-state index is 10.2. The maximum Gasteiger partial charge on any atom is 0.137 e. The van der Waals surface area contributed by atoms with E-state index in [1.165, 1.54) is 0 Å². The second-order valence-corrected chi connectivity index (χ2v) is 5.69. The van der Waals surface area contributed by atoms with Gasteiger partial charge in [0, 0.05) is 12.6 Å². The molecule has 22 heavy (non-hydrogen) atoms. The third-order valence-electron chi connectivity index (χ3n) is 3.99. The molecule has 0 bridgehead atoms. The molecule has 0 amide bonds. The molecule has 3 rings (SSSR count). The molecule has 1 fully saturated rings. The predicted molar refractivity (Wildman–Crippen MR) is 82.6 cm³/mol. The zero-order valence-corrected chi connectivity index (χ0v) is 12.6. The third kappa shape index (κ3) is 4.05. The second-order valence-electron chi connectivity index (χ2n) is 5.69. The van der Waals surface area contributed by atoms with Gasteiger partial charge in [-0.15, -0.1) is 0 Å². The first-order valence-electron chi connectivity index (χ1n) is 7.73. The first-order chi connectivity index (χ1) is 10.8. The van der Waals surface area contributed by atoms with Gasteiger partial charge in [0.1, 0.15) is 31.1 Å². The van der Waals surface area contributed by atoms with Crippen LogP contribution in [0.5, 0.6) is 5.75 Å². The molecule has 2 heterocycles. The average molecular weight is 302 g/mol. The number of rotatable bonds is 7. The van der Waals surface area contributed by atoms with Gasteiger partial charge >= 0.3 is 0 Å². The van der Waals surface area contributed by atoms with E-state index in [-0.39, 0.29) is 0 Å². The van der Waals surface area contributed by atoms with Crippen molar-refractivity contribution in [3.05, 3.63) is 43.0 Å². The van der Waals surface area contributed by atoms with Crippen LogP contribution in [0.1, 0.15) is 12.8 Å². The largest absolute Gasteiger partial charge is 0.491 e. The minimum atomic E-state index is -0.489. The van der Waals surface area contributed by atoms with Crippen LogP contribution in [-0.4, -0.2) is 56.6 Å². The fourth-order valence-electron chi connectivity index (χ4n) is 2.92. The summed E-state index contributed by atoms with van der Waals surface area (Å²) in [4.78, 5) is 6.30. The van der Waals surface area contributed by atoms with E-state index >= 15 is 0 Å². The van der Waals surface area contributed by atoms with Crippen molar-refractivity contribution in [3.63, 3.8) is 0 Å². The van der Waals surface area contributed by atoms with Crippen molar-refractivity contribution >= 4 is 0 Å². The topological polar surface area (TPSA) is 63.4 Å². The lowest BCUT2D eigenvalue weighted by molar-refractivity contribution is 0.0609. The predicted octanol–water partition coefficient (Wildman–Crippen LogP) is 1.18. The first-order valence-corrected chi connectivity index (χ1v) is 7.73. The standard InChI is InChI=1S/C16H22N4O2/c21-15(11-22-16-6-2-1-3-7-16)10-19-8-4-5-14(19)9-20-13-17-12-18-20/h1-3,6-7,12-15,21H,4-5,8-11H2/t14-,15-/m1/s1. The van der Waals surface area contributed by atoms with Gasteiger partial charge in [0.25, 0.3) is 0 Å². The van der Waals surface area contributed by atoms with Crippen molar-refractivity contribution in [2.24, 2.45) is 0 Å². The molecule has 0 radical (unpaired) electrons. The van der Waals surface area contributed by atoms with Crippen molar-refractivity contribution < 1.29 is 9.84 Å². The number of nitrogens with zero attached hydrogens (tertiary/aromatic N) is 4. The number of aliphatic hydroxyl groups excluding tert-OH is 1. The van der Waals surface area contributed by atoms with Crippen LogP contribution in [0.3, 0.4) is 0 Å². The Morgan fingerprint density at radius 1 is 1.32 bits per heavy atom. The van der Waals surface area contributed by atoms with Crippen molar-refractivity contribution in [3.8, 4) is 5.75 Å². The SMILES string of the molecule is O[C@@H](COc1ccccc1)CN1CCC[C@@H]1Cn1cncn1. The van der Waals surface area contributed by atoms with Gasteiger partial charge in [0.05, 0.1) is 6.54 Å².